The predicted molar refractivity (Wildman–Crippen MR) is 90.1 cm³/mol. The molecule has 2 saturated heterocycles. The molecule has 1 aromatic rings. The van der Waals surface area contributed by atoms with Crippen LogP contribution in [-0.2, 0) is 16.1 Å². The summed E-state index contributed by atoms with van der Waals surface area (Å²) >= 11 is 4.58. The summed E-state index contributed by atoms with van der Waals surface area (Å²) in [5.41, 5.74) is 2.25. The normalized spacial score (nSPS) is 27.6. The third-order valence-electron chi connectivity index (χ3n) is 4.93. The number of imide groups is 1. The van der Waals surface area contributed by atoms with E-state index >= 15 is 0 Å². The summed E-state index contributed by atoms with van der Waals surface area (Å²) in [6, 6.07) is 3.16. The Hall–Kier alpha value is -1.64. The van der Waals surface area contributed by atoms with Crippen LogP contribution in [0, 0.1) is 5.82 Å². The van der Waals surface area contributed by atoms with Crippen molar-refractivity contribution < 1.29 is 14.0 Å². The van der Waals surface area contributed by atoms with Gasteiger partial charge in [-0.2, -0.15) is 12.6 Å². The Bertz CT molecular complexity index is 710. The second-order valence-corrected chi connectivity index (χ2v) is 7.03. The molecule has 3 N–H and O–H groups in total. The number of anilines is 1. The maximum atomic E-state index is 14.4. The smallest absolute Gasteiger partial charge is 0.243 e. The third kappa shape index (κ3) is 2.68. The molecule has 0 aromatic heterocycles. The second kappa shape index (κ2) is 6.02. The second-order valence-electron chi connectivity index (χ2n) is 6.54. The largest absolute Gasteiger partial charge is 0.377 e. The molecular formula is C16H19FN4O2S. The number of amides is 2. The fraction of sp³-hybridized carbons (Fsp3) is 0.500. The quantitative estimate of drug-likeness (QED) is 0.479. The summed E-state index contributed by atoms with van der Waals surface area (Å²) in [7, 11) is 0. The lowest BCUT2D eigenvalue weighted by atomic mass is 10.0. The van der Waals surface area contributed by atoms with Crippen LogP contribution >= 0.6 is 12.6 Å². The molecular weight excluding hydrogens is 331 g/mol. The van der Waals surface area contributed by atoms with Gasteiger partial charge in [0.2, 0.25) is 11.8 Å². The zero-order valence-corrected chi connectivity index (χ0v) is 13.9. The molecule has 3 heterocycles. The average Bonchev–Trinajstić information content (AvgIpc) is 2.80. The highest BCUT2D eigenvalue weighted by atomic mass is 32.1. The van der Waals surface area contributed by atoms with Gasteiger partial charge >= 0.3 is 0 Å². The van der Waals surface area contributed by atoms with Gasteiger partial charge in [-0.15, -0.1) is 0 Å². The van der Waals surface area contributed by atoms with Crippen LogP contribution in [0.15, 0.2) is 12.1 Å². The van der Waals surface area contributed by atoms with E-state index in [1.54, 1.807) is 0 Å². The van der Waals surface area contributed by atoms with Crippen LogP contribution in [0.25, 0.3) is 0 Å². The van der Waals surface area contributed by atoms with Crippen LogP contribution in [0.5, 0.6) is 0 Å². The Balaban J connectivity index is 1.56. The number of piperidine rings is 1. The first-order valence-corrected chi connectivity index (χ1v) is 8.61. The number of hydrogen-bond donors (Lipinski definition) is 4. The first-order chi connectivity index (χ1) is 11.5. The van der Waals surface area contributed by atoms with Gasteiger partial charge in [-0.05, 0) is 29.7 Å². The van der Waals surface area contributed by atoms with Crippen molar-refractivity contribution in [2.24, 2.45) is 0 Å². The summed E-state index contributed by atoms with van der Waals surface area (Å²) in [6.45, 7) is 2.18. The van der Waals surface area contributed by atoms with Crippen molar-refractivity contribution in [3.05, 3.63) is 29.1 Å². The van der Waals surface area contributed by atoms with Crippen molar-refractivity contribution in [2.45, 2.75) is 36.8 Å². The predicted octanol–water partition coefficient (Wildman–Crippen LogP) is 0.759. The standard InChI is InChI=1S/C16H19FN4O2S/c17-11-4-10-8(3-12(11)19-9-5-18-6-9)7-21(16(10)24)13-1-2-14(22)20-15(13)23/h3-4,9,13,16,18-19,24H,1-2,5-7H2,(H,20,22,23). The van der Waals surface area contributed by atoms with Crippen molar-refractivity contribution in [1.82, 2.24) is 15.5 Å². The Labute approximate surface area is 144 Å². The minimum atomic E-state index is -0.409. The molecule has 128 valence electrons. The molecule has 3 aliphatic rings. The van der Waals surface area contributed by atoms with Crippen LogP contribution in [0.1, 0.15) is 29.3 Å². The van der Waals surface area contributed by atoms with Crippen molar-refractivity contribution in [3.63, 3.8) is 0 Å². The molecule has 24 heavy (non-hydrogen) atoms. The molecule has 0 bridgehead atoms. The third-order valence-corrected chi connectivity index (χ3v) is 5.50. The van der Waals surface area contributed by atoms with E-state index < -0.39 is 6.04 Å². The number of carbonyl (C=O) groups excluding carboxylic acids is 2. The van der Waals surface area contributed by atoms with Gasteiger partial charge in [-0.1, -0.05) is 0 Å². The average molecular weight is 350 g/mol. The molecule has 0 spiro atoms. The fourth-order valence-corrected chi connectivity index (χ4v) is 3.96. The molecule has 1 aromatic carbocycles. The van der Waals surface area contributed by atoms with E-state index in [4.69, 9.17) is 0 Å². The number of nitrogens with one attached hydrogen (secondary N) is 3. The van der Waals surface area contributed by atoms with Crippen LogP contribution in [0.2, 0.25) is 0 Å². The van der Waals surface area contributed by atoms with E-state index in [1.165, 1.54) is 6.07 Å². The zero-order chi connectivity index (χ0) is 16.8. The Kier molecular flexibility index (Phi) is 3.98. The molecule has 3 aliphatic heterocycles. The number of halogens is 1. The molecule has 2 fully saturated rings. The molecule has 8 heteroatoms. The highest BCUT2D eigenvalue weighted by Crippen LogP contribution is 2.41. The zero-order valence-electron chi connectivity index (χ0n) is 13.0. The van der Waals surface area contributed by atoms with Crippen molar-refractivity contribution in [2.75, 3.05) is 18.4 Å². The Morgan fingerprint density at radius 2 is 2.08 bits per heavy atom. The molecule has 4 rings (SSSR count). The highest BCUT2D eigenvalue weighted by Gasteiger charge is 2.39. The minimum Gasteiger partial charge on any atom is -0.377 e. The van der Waals surface area contributed by atoms with E-state index in [9.17, 15) is 14.0 Å². The van der Waals surface area contributed by atoms with Gasteiger partial charge in [0.25, 0.3) is 0 Å². The topological polar surface area (TPSA) is 73.5 Å². The molecule has 0 aliphatic carbocycles. The van der Waals surface area contributed by atoms with E-state index in [2.05, 4.69) is 28.6 Å². The number of nitrogens with zero attached hydrogens (tertiary/aromatic N) is 1. The molecule has 2 unspecified atom stereocenters. The van der Waals surface area contributed by atoms with Gasteiger partial charge in [0.15, 0.2) is 0 Å². The highest BCUT2D eigenvalue weighted by molar-refractivity contribution is 7.80. The van der Waals surface area contributed by atoms with Gasteiger partial charge in [0.1, 0.15) is 5.82 Å². The van der Waals surface area contributed by atoms with E-state index in [1.807, 2.05) is 11.0 Å². The van der Waals surface area contributed by atoms with Gasteiger partial charge in [0, 0.05) is 26.1 Å². The lowest BCUT2D eigenvalue weighted by Crippen LogP contribution is -2.51. The number of rotatable bonds is 3. The summed E-state index contributed by atoms with van der Waals surface area (Å²) < 4.78 is 14.4. The summed E-state index contributed by atoms with van der Waals surface area (Å²) in [4.78, 5) is 25.4. The van der Waals surface area contributed by atoms with Crippen LogP contribution in [0.3, 0.4) is 0 Å². The number of benzene rings is 1. The van der Waals surface area contributed by atoms with Crippen molar-refractivity contribution in [3.8, 4) is 0 Å². The first-order valence-electron chi connectivity index (χ1n) is 8.10. The fourth-order valence-electron chi connectivity index (χ4n) is 3.47. The van der Waals surface area contributed by atoms with Crippen molar-refractivity contribution in [1.29, 1.82) is 0 Å². The van der Waals surface area contributed by atoms with Gasteiger partial charge < -0.3 is 10.6 Å². The lowest BCUT2D eigenvalue weighted by Gasteiger charge is -2.32. The maximum absolute atomic E-state index is 14.4. The molecule has 0 saturated carbocycles. The first kappa shape index (κ1) is 15.9. The minimum absolute atomic E-state index is 0.240. The van der Waals surface area contributed by atoms with Crippen LogP contribution in [0.4, 0.5) is 10.1 Å². The SMILES string of the molecule is O=C1CCC(N2Cc3cc(NC4CNC4)c(F)cc3C2S)C(=O)N1. The number of hydrogen-bond acceptors (Lipinski definition) is 6. The summed E-state index contributed by atoms with van der Waals surface area (Å²) in [6.07, 6.45) is 0.788. The summed E-state index contributed by atoms with van der Waals surface area (Å²) in [5, 5.41) is 8.36. The van der Waals surface area contributed by atoms with Gasteiger partial charge in [-0.25, -0.2) is 4.39 Å². The Morgan fingerprint density at radius 1 is 1.29 bits per heavy atom. The van der Waals surface area contributed by atoms with Crippen LogP contribution < -0.4 is 16.0 Å². The number of fused-ring (bicyclic) bond motifs is 1. The summed E-state index contributed by atoms with van der Waals surface area (Å²) in [5.74, 6) is -0.836. The molecule has 2 atom stereocenters. The molecule has 6 nitrogen and oxygen atoms in total. The van der Waals surface area contributed by atoms with Crippen LogP contribution in [-0.4, -0.2) is 41.9 Å². The van der Waals surface area contributed by atoms with Gasteiger partial charge in [0.05, 0.1) is 23.1 Å². The lowest BCUT2D eigenvalue weighted by molar-refractivity contribution is -0.137. The van der Waals surface area contributed by atoms with E-state index in [0.717, 1.165) is 24.2 Å². The monoisotopic (exact) mass is 350 g/mol. The van der Waals surface area contributed by atoms with Gasteiger partial charge in [-0.3, -0.25) is 19.8 Å². The van der Waals surface area contributed by atoms with E-state index in [-0.39, 0.29) is 29.0 Å². The Morgan fingerprint density at radius 3 is 2.75 bits per heavy atom. The van der Waals surface area contributed by atoms with Crippen molar-refractivity contribution >= 4 is 30.1 Å². The molecule has 2 amide bonds. The number of thiol groups is 1. The number of carbonyl (C=O) groups is 2. The maximum Gasteiger partial charge on any atom is 0.243 e. The molecule has 0 radical (unpaired) electrons. The van der Waals surface area contributed by atoms with E-state index in [0.29, 0.717) is 25.1 Å².